The molecule has 0 unspecified atom stereocenters. The predicted molar refractivity (Wildman–Crippen MR) is 95.2 cm³/mol. The van der Waals surface area contributed by atoms with Gasteiger partial charge in [-0.05, 0) is 25.1 Å². The number of hydrogen-bond donors (Lipinski definition) is 0. The zero-order chi connectivity index (χ0) is 19.6. The Balaban J connectivity index is 1.57. The molecule has 5 nitrogen and oxygen atoms in total. The van der Waals surface area contributed by atoms with Crippen LogP contribution in [-0.4, -0.2) is 51.7 Å². The van der Waals surface area contributed by atoms with E-state index in [1.165, 1.54) is 12.1 Å². The van der Waals surface area contributed by atoms with Gasteiger partial charge in [0.05, 0.1) is 5.69 Å². The van der Waals surface area contributed by atoms with E-state index < -0.39 is 6.43 Å². The highest BCUT2D eigenvalue weighted by atomic mass is 35.5. The van der Waals surface area contributed by atoms with Crippen molar-refractivity contribution in [2.45, 2.75) is 26.4 Å². The summed E-state index contributed by atoms with van der Waals surface area (Å²) >= 11 is 6.06. The van der Waals surface area contributed by atoms with E-state index in [0.29, 0.717) is 49.0 Å². The Morgan fingerprint density at radius 3 is 2.59 bits per heavy atom. The Morgan fingerprint density at radius 1 is 1.26 bits per heavy atom. The van der Waals surface area contributed by atoms with Gasteiger partial charge in [0.15, 0.2) is 0 Å². The SMILES string of the molecule is Cc1cc(C(F)F)n(CC(=O)N2CCN(Cc3c(F)cccc3Cl)CC2)n1. The summed E-state index contributed by atoms with van der Waals surface area (Å²) in [6.07, 6.45) is -2.68. The molecule has 0 aliphatic carbocycles. The van der Waals surface area contributed by atoms with Crippen molar-refractivity contribution in [1.29, 1.82) is 0 Å². The van der Waals surface area contributed by atoms with E-state index in [4.69, 9.17) is 11.6 Å². The standard InChI is InChI=1S/C18H20ClF3N4O/c1-12-9-16(18(21)22)26(23-12)11-17(27)25-7-5-24(6-8-25)10-13-14(19)3-2-4-15(13)20/h2-4,9,18H,5-8,10-11H2,1H3. The zero-order valence-corrected chi connectivity index (χ0v) is 15.6. The van der Waals surface area contributed by atoms with Crippen molar-refractivity contribution >= 4 is 17.5 Å². The first-order chi connectivity index (χ1) is 12.8. The second kappa shape index (κ2) is 8.31. The molecule has 2 heterocycles. The van der Waals surface area contributed by atoms with E-state index in [0.717, 1.165) is 4.68 Å². The summed E-state index contributed by atoms with van der Waals surface area (Å²) in [5, 5.41) is 4.36. The lowest BCUT2D eigenvalue weighted by molar-refractivity contribution is -0.134. The fraction of sp³-hybridized carbons (Fsp3) is 0.444. The van der Waals surface area contributed by atoms with Gasteiger partial charge in [-0.2, -0.15) is 5.10 Å². The molecule has 1 aromatic carbocycles. The highest BCUT2D eigenvalue weighted by Crippen LogP contribution is 2.22. The van der Waals surface area contributed by atoms with Gasteiger partial charge in [-0.1, -0.05) is 17.7 Å². The number of halogens is 4. The molecule has 0 N–H and O–H groups in total. The number of rotatable bonds is 5. The van der Waals surface area contributed by atoms with Crippen LogP contribution in [0, 0.1) is 12.7 Å². The molecule has 1 fully saturated rings. The maximum atomic E-state index is 13.9. The van der Waals surface area contributed by atoms with Crippen molar-refractivity contribution in [2.24, 2.45) is 0 Å². The molecule has 0 radical (unpaired) electrons. The Hall–Kier alpha value is -2.06. The molecule has 2 aromatic rings. The third-order valence-electron chi connectivity index (χ3n) is 4.61. The van der Waals surface area contributed by atoms with E-state index in [1.54, 1.807) is 24.0 Å². The number of hydrogen-bond acceptors (Lipinski definition) is 3. The van der Waals surface area contributed by atoms with E-state index in [-0.39, 0.29) is 24.0 Å². The molecule has 27 heavy (non-hydrogen) atoms. The lowest BCUT2D eigenvalue weighted by atomic mass is 10.2. The Labute approximate surface area is 160 Å². The van der Waals surface area contributed by atoms with Crippen LogP contribution in [0.2, 0.25) is 5.02 Å². The summed E-state index contributed by atoms with van der Waals surface area (Å²) in [6, 6.07) is 5.86. The Bertz CT molecular complexity index is 799. The highest BCUT2D eigenvalue weighted by Gasteiger charge is 2.24. The molecule has 0 atom stereocenters. The van der Waals surface area contributed by atoms with Crippen molar-refractivity contribution in [3.8, 4) is 0 Å². The maximum absolute atomic E-state index is 13.9. The minimum absolute atomic E-state index is 0.216. The Kier molecular flexibility index (Phi) is 6.06. The fourth-order valence-corrected chi connectivity index (χ4v) is 3.38. The van der Waals surface area contributed by atoms with Gasteiger partial charge >= 0.3 is 0 Å². The number of alkyl halides is 2. The third-order valence-corrected chi connectivity index (χ3v) is 4.96. The van der Waals surface area contributed by atoms with E-state index in [9.17, 15) is 18.0 Å². The van der Waals surface area contributed by atoms with Crippen molar-refractivity contribution in [2.75, 3.05) is 26.2 Å². The summed E-state index contributed by atoms with van der Waals surface area (Å²) in [5.74, 6) is -0.613. The second-order valence-electron chi connectivity index (χ2n) is 6.53. The van der Waals surface area contributed by atoms with Crippen molar-refractivity contribution in [3.63, 3.8) is 0 Å². The van der Waals surface area contributed by atoms with Crippen LogP contribution >= 0.6 is 11.6 Å². The first-order valence-electron chi connectivity index (χ1n) is 8.60. The summed E-state index contributed by atoms with van der Waals surface area (Å²) in [5.41, 5.74) is 0.630. The average Bonchev–Trinajstić information content (AvgIpc) is 2.99. The van der Waals surface area contributed by atoms with Gasteiger partial charge < -0.3 is 4.90 Å². The van der Waals surface area contributed by atoms with Crippen LogP contribution in [-0.2, 0) is 17.9 Å². The summed E-state index contributed by atoms with van der Waals surface area (Å²) in [7, 11) is 0. The van der Waals surface area contributed by atoms with Crippen LogP contribution < -0.4 is 0 Å². The fourth-order valence-electron chi connectivity index (χ4n) is 3.16. The molecule has 0 spiro atoms. The number of carbonyl (C=O) groups excluding carboxylic acids is 1. The number of aromatic nitrogens is 2. The summed E-state index contributed by atoms with van der Waals surface area (Å²) in [4.78, 5) is 16.1. The molecule has 3 rings (SSSR count). The minimum atomic E-state index is -2.68. The monoisotopic (exact) mass is 400 g/mol. The van der Waals surface area contributed by atoms with Gasteiger partial charge in [-0.3, -0.25) is 14.4 Å². The van der Waals surface area contributed by atoms with E-state index in [2.05, 4.69) is 5.10 Å². The number of carbonyl (C=O) groups is 1. The zero-order valence-electron chi connectivity index (χ0n) is 14.8. The lowest BCUT2D eigenvalue weighted by Crippen LogP contribution is -2.49. The average molecular weight is 401 g/mol. The van der Waals surface area contributed by atoms with Crippen LogP contribution in [0.15, 0.2) is 24.3 Å². The van der Waals surface area contributed by atoms with Gasteiger partial charge in [-0.15, -0.1) is 0 Å². The number of amides is 1. The summed E-state index contributed by atoms with van der Waals surface area (Å²) in [6.45, 7) is 3.74. The first-order valence-corrected chi connectivity index (χ1v) is 8.98. The summed E-state index contributed by atoms with van der Waals surface area (Å²) < 4.78 is 41.0. The van der Waals surface area contributed by atoms with Crippen LogP contribution in [0.5, 0.6) is 0 Å². The molecular weight excluding hydrogens is 381 g/mol. The molecule has 1 aliphatic rings. The van der Waals surface area contributed by atoms with Crippen molar-refractivity contribution in [3.05, 3.63) is 52.1 Å². The lowest BCUT2D eigenvalue weighted by Gasteiger charge is -2.35. The quantitative estimate of drug-likeness (QED) is 0.773. The van der Waals surface area contributed by atoms with E-state index in [1.807, 2.05) is 4.90 Å². The largest absolute Gasteiger partial charge is 0.339 e. The number of nitrogens with zero attached hydrogens (tertiary/aromatic N) is 4. The molecule has 1 amide bonds. The van der Waals surface area contributed by atoms with Crippen LogP contribution in [0.4, 0.5) is 13.2 Å². The maximum Gasteiger partial charge on any atom is 0.280 e. The van der Waals surface area contributed by atoms with Gasteiger partial charge in [0.2, 0.25) is 5.91 Å². The van der Waals surface area contributed by atoms with Crippen LogP contribution in [0.3, 0.4) is 0 Å². The molecule has 0 bridgehead atoms. The topological polar surface area (TPSA) is 41.4 Å². The van der Waals surface area contributed by atoms with Gasteiger partial charge in [-0.25, -0.2) is 13.2 Å². The molecule has 1 aliphatic heterocycles. The number of aryl methyl sites for hydroxylation is 1. The smallest absolute Gasteiger partial charge is 0.280 e. The highest BCUT2D eigenvalue weighted by molar-refractivity contribution is 6.31. The molecule has 9 heteroatoms. The van der Waals surface area contributed by atoms with E-state index >= 15 is 0 Å². The molecular formula is C18H20ClF3N4O. The normalized spacial score (nSPS) is 15.6. The number of piperazine rings is 1. The molecule has 146 valence electrons. The van der Waals surface area contributed by atoms with Gasteiger partial charge in [0, 0.05) is 43.3 Å². The van der Waals surface area contributed by atoms with Gasteiger partial charge in [0.25, 0.3) is 6.43 Å². The minimum Gasteiger partial charge on any atom is -0.339 e. The van der Waals surface area contributed by atoms with Crippen molar-refractivity contribution < 1.29 is 18.0 Å². The number of benzene rings is 1. The molecule has 0 saturated carbocycles. The van der Waals surface area contributed by atoms with Crippen LogP contribution in [0.25, 0.3) is 0 Å². The second-order valence-corrected chi connectivity index (χ2v) is 6.93. The predicted octanol–water partition coefficient (Wildman–Crippen LogP) is 3.27. The third kappa shape index (κ3) is 4.62. The first kappa shape index (κ1) is 19.7. The molecule has 1 aromatic heterocycles. The van der Waals surface area contributed by atoms with Crippen LogP contribution in [0.1, 0.15) is 23.4 Å². The molecule has 1 saturated heterocycles. The van der Waals surface area contributed by atoms with Crippen molar-refractivity contribution in [1.82, 2.24) is 19.6 Å². The van der Waals surface area contributed by atoms with Gasteiger partial charge in [0.1, 0.15) is 18.1 Å². The Morgan fingerprint density at radius 2 is 1.96 bits per heavy atom.